The molecule has 0 saturated heterocycles. The lowest BCUT2D eigenvalue weighted by Crippen LogP contribution is -2.87. The second kappa shape index (κ2) is 5.87. The molecule has 3 amide bonds. The van der Waals surface area contributed by atoms with Gasteiger partial charge in [-0.3, -0.25) is 10.1 Å². The van der Waals surface area contributed by atoms with Crippen molar-refractivity contribution in [3.05, 3.63) is 35.9 Å². The number of carbonyl (C=O) groups is 2. The zero-order chi connectivity index (χ0) is 12.0. The first kappa shape index (κ1) is 12.2. The second-order valence-corrected chi connectivity index (χ2v) is 3.39. The predicted molar refractivity (Wildman–Crippen MR) is 59.4 cm³/mol. The molecular weight excluding hydrogens is 206 g/mol. The minimum absolute atomic E-state index is 0.388. The number of rotatable bonds is 4. The number of nitrogens with one attached hydrogen (secondary N) is 1. The summed E-state index contributed by atoms with van der Waals surface area (Å²) in [4.78, 5) is 22.3. The Morgan fingerprint density at radius 1 is 1.38 bits per heavy atom. The summed E-state index contributed by atoms with van der Waals surface area (Å²) >= 11 is 0. The van der Waals surface area contributed by atoms with Gasteiger partial charge in [-0.15, -0.1) is 0 Å². The molecule has 0 bridgehead atoms. The number of imide groups is 1. The summed E-state index contributed by atoms with van der Waals surface area (Å²) in [6.07, 6.45) is 0. The Kier molecular flexibility index (Phi) is 4.47. The van der Waals surface area contributed by atoms with Crippen molar-refractivity contribution in [1.29, 1.82) is 0 Å². The molecule has 0 unspecified atom stereocenters. The van der Waals surface area contributed by atoms with Crippen LogP contribution in [0, 0.1) is 0 Å². The van der Waals surface area contributed by atoms with Crippen LogP contribution in [0.3, 0.4) is 0 Å². The van der Waals surface area contributed by atoms with Gasteiger partial charge in [-0.05, 0) is 6.92 Å². The highest BCUT2D eigenvalue weighted by Crippen LogP contribution is 2.07. The summed E-state index contributed by atoms with van der Waals surface area (Å²) < 4.78 is 0. The van der Waals surface area contributed by atoms with Crippen molar-refractivity contribution in [2.75, 3.05) is 6.54 Å². The number of amides is 3. The molecule has 0 spiro atoms. The van der Waals surface area contributed by atoms with Crippen LogP contribution in [0.25, 0.3) is 0 Å². The highest BCUT2D eigenvalue weighted by molar-refractivity contribution is 5.96. The molecule has 0 aliphatic heterocycles. The fourth-order valence-corrected chi connectivity index (χ4v) is 1.49. The zero-order valence-electron chi connectivity index (χ0n) is 9.14. The van der Waals surface area contributed by atoms with Crippen LogP contribution in [-0.2, 0) is 4.79 Å². The average Bonchev–Trinajstić information content (AvgIpc) is 2.26. The van der Waals surface area contributed by atoms with Crippen molar-refractivity contribution in [2.24, 2.45) is 5.73 Å². The largest absolute Gasteiger partial charge is 0.351 e. The van der Waals surface area contributed by atoms with Gasteiger partial charge in [-0.2, -0.15) is 0 Å². The lowest BCUT2D eigenvalue weighted by molar-refractivity contribution is -0.680. The van der Waals surface area contributed by atoms with E-state index in [9.17, 15) is 9.59 Å². The number of carbonyl (C=O) groups excluding carboxylic acids is 2. The molecule has 0 aliphatic rings. The minimum Gasteiger partial charge on any atom is -0.351 e. The van der Waals surface area contributed by atoms with Gasteiger partial charge in [-0.25, -0.2) is 4.79 Å². The number of nitrogens with two attached hydrogens (primary N) is 2. The number of hydrogen-bond donors (Lipinski definition) is 3. The van der Waals surface area contributed by atoms with Crippen molar-refractivity contribution in [3.63, 3.8) is 0 Å². The molecule has 86 valence electrons. The van der Waals surface area contributed by atoms with E-state index in [1.807, 2.05) is 42.6 Å². The normalized spacial score (nSPS) is 11.8. The van der Waals surface area contributed by atoms with Crippen molar-refractivity contribution < 1.29 is 14.9 Å². The van der Waals surface area contributed by atoms with Crippen molar-refractivity contribution >= 4 is 11.9 Å². The van der Waals surface area contributed by atoms with Gasteiger partial charge < -0.3 is 11.1 Å². The molecule has 0 aliphatic carbocycles. The van der Waals surface area contributed by atoms with Crippen molar-refractivity contribution in [1.82, 2.24) is 5.32 Å². The van der Waals surface area contributed by atoms with E-state index in [0.29, 0.717) is 0 Å². The summed E-state index contributed by atoms with van der Waals surface area (Å²) in [6, 6.07) is 8.01. The van der Waals surface area contributed by atoms with Crippen LogP contribution in [-0.4, -0.2) is 18.5 Å². The average molecular weight is 222 g/mol. The molecule has 0 fully saturated rings. The predicted octanol–water partition coefficient (Wildman–Crippen LogP) is -0.494. The Morgan fingerprint density at radius 2 is 2.00 bits per heavy atom. The number of hydrogen-bond acceptors (Lipinski definition) is 2. The summed E-state index contributed by atoms with van der Waals surface area (Å²) in [6.45, 7) is 2.68. The van der Waals surface area contributed by atoms with E-state index in [2.05, 4.69) is 5.32 Å². The third-order valence-electron chi connectivity index (χ3n) is 2.16. The fraction of sp³-hybridized carbons (Fsp3) is 0.273. The molecule has 0 heterocycles. The molecule has 5 heteroatoms. The number of likely N-dealkylation sites (N-methyl/N-ethyl adjacent to an activating group) is 1. The first-order chi connectivity index (χ1) is 7.65. The van der Waals surface area contributed by atoms with E-state index >= 15 is 0 Å². The molecule has 16 heavy (non-hydrogen) atoms. The Balaban J connectivity index is 2.82. The summed E-state index contributed by atoms with van der Waals surface area (Å²) in [7, 11) is 0. The molecule has 1 atom stereocenters. The van der Waals surface area contributed by atoms with E-state index in [4.69, 9.17) is 5.73 Å². The maximum Gasteiger partial charge on any atom is 0.319 e. The second-order valence-electron chi connectivity index (χ2n) is 3.39. The molecule has 0 aromatic heterocycles. The highest BCUT2D eigenvalue weighted by Gasteiger charge is 2.23. The SMILES string of the molecule is CC[NH2+][C@H](C(=O)NC(N)=O)c1ccccc1. The maximum atomic E-state index is 11.7. The highest BCUT2D eigenvalue weighted by atomic mass is 16.2. The van der Waals surface area contributed by atoms with Gasteiger partial charge in [0.1, 0.15) is 0 Å². The fourth-order valence-electron chi connectivity index (χ4n) is 1.49. The van der Waals surface area contributed by atoms with Crippen LogP contribution in [0.5, 0.6) is 0 Å². The third kappa shape index (κ3) is 3.36. The van der Waals surface area contributed by atoms with E-state index in [-0.39, 0.29) is 5.91 Å². The van der Waals surface area contributed by atoms with Gasteiger partial charge in [0.2, 0.25) is 0 Å². The molecule has 1 aromatic rings. The smallest absolute Gasteiger partial charge is 0.319 e. The Bertz CT molecular complexity index is 365. The van der Waals surface area contributed by atoms with Gasteiger partial charge in [-0.1, -0.05) is 30.3 Å². The topological polar surface area (TPSA) is 88.8 Å². The maximum absolute atomic E-state index is 11.7. The monoisotopic (exact) mass is 222 g/mol. The lowest BCUT2D eigenvalue weighted by Gasteiger charge is -2.13. The summed E-state index contributed by atoms with van der Waals surface area (Å²) in [5, 5.41) is 3.94. The van der Waals surface area contributed by atoms with Crippen LogP contribution in [0.4, 0.5) is 4.79 Å². The van der Waals surface area contributed by atoms with Crippen LogP contribution in [0.2, 0.25) is 0 Å². The van der Waals surface area contributed by atoms with Gasteiger partial charge in [0.15, 0.2) is 6.04 Å². The van der Waals surface area contributed by atoms with Gasteiger partial charge in [0.25, 0.3) is 5.91 Å². The van der Waals surface area contributed by atoms with Gasteiger partial charge in [0.05, 0.1) is 6.54 Å². The lowest BCUT2D eigenvalue weighted by atomic mass is 10.1. The third-order valence-corrected chi connectivity index (χ3v) is 2.16. The first-order valence-electron chi connectivity index (χ1n) is 5.13. The van der Waals surface area contributed by atoms with E-state index in [0.717, 1.165) is 12.1 Å². The molecule has 5 nitrogen and oxygen atoms in total. The summed E-state index contributed by atoms with van der Waals surface area (Å²) in [5.74, 6) is -0.388. The van der Waals surface area contributed by atoms with Crippen molar-refractivity contribution in [3.8, 4) is 0 Å². The number of quaternary nitrogens is 1. The molecule has 1 aromatic carbocycles. The van der Waals surface area contributed by atoms with Crippen LogP contribution < -0.4 is 16.4 Å². The number of benzene rings is 1. The van der Waals surface area contributed by atoms with E-state index < -0.39 is 12.1 Å². The van der Waals surface area contributed by atoms with Crippen molar-refractivity contribution in [2.45, 2.75) is 13.0 Å². The Hall–Kier alpha value is -1.88. The Morgan fingerprint density at radius 3 is 2.50 bits per heavy atom. The number of urea groups is 1. The van der Waals surface area contributed by atoms with Gasteiger partial charge >= 0.3 is 6.03 Å². The van der Waals surface area contributed by atoms with E-state index in [1.165, 1.54) is 0 Å². The quantitative estimate of drug-likeness (QED) is 0.641. The molecule has 5 N–H and O–H groups in total. The molecule has 1 rings (SSSR count). The standard InChI is InChI=1S/C11H15N3O2/c1-2-13-9(10(15)14-11(12)16)8-6-4-3-5-7-8/h3-7,9,13H,2H2,1H3,(H3,12,14,15,16)/p+1/t9-/m0/s1. The van der Waals surface area contributed by atoms with Crippen LogP contribution in [0.15, 0.2) is 30.3 Å². The van der Waals surface area contributed by atoms with Gasteiger partial charge in [0, 0.05) is 5.56 Å². The zero-order valence-corrected chi connectivity index (χ0v) is 9.14. The molecule has 0 saturated carbocycles. The van der Waals surface area contributed by atoms with E-state index in [1.54, 1.807) is 0 Å². The minimum atomic E-state index is -0.824. The first-order valence-corrected chi connectivity index (χ1v) is 5.13. The Labute approximate surface area is 94.0 Å². The van der Waals surface area contributed by atoms with Crippen LogP contribution >= 0.6 is 0 Å². The van der Waals surface area contributed by atoms with Crippen LogP contribution in [0.1, 0.15) is 18.5 Å². The molecule has 0 radical (unpaired) electrons. The number of primary amides is 1. The molecular formula is C11H16N3O2+. The summed E-state index contributed by atoms with van der Waals surface area (Å²) in [5.41, 5.74) is 5.77.